The Bertz CT molecular complexity index is 456. The second-order valence-electron chi connectivity index (χ2n) is 4.60. The van der Waals surface area contributed by atoms with Crippen LogP contribution in [0.1, 0.15) is 19.4 Å². The second kappa shape index (κ2) is 5.14. The van der Waals surface area contributed by atoms with Crippen LogP contribution in [-0.4, -0.2) is 21.5 Å². The van der Waals surface area contributed by atoms with Gasteiger partial charge >= 0.3 is 5.97 Å². The molecule has 0 aliphatic carbocycles. The normalized spacial score (nSPS) is 14.2. The van der Waals surface area contributed by atoms with E-state index in [-0.39, 0.29) is 18.0 Å². The standard InChI is InChI=1S/C12H16N2O4/c1-8(2)12(13,11(15)16)7-9-3-5-10(6-4-9)14(17)18/h3-6,8H,7,13H2,1-2H3,(H,15,16)/t12-/m0/s1. The summed E-state index contributed by atoms with van der Waals surface area (Å²) in [5, 5.41) is 19.7. The summed E-state index contributed by atoms with van der Waals surface area (Å²) >= 11 is 0. The molecule has 1 aromatic carbocycles. The van der Waals surface area contributed by atoms with Crippen molar-refractivity contribution >= 4 is 11.7 Å². The Hall–Kier alpha value is -1.95. The van der Waals surface area contributed by atoms with Gasteiger partial charge in [0.05, 0.1) is 4.92 Å². The molecule has 6 nitrogen and oxygen atoms in total. The monoisotopic (exact) mass is 252 g/mol. The Morgan fingerprint density at radius 3 is 2.28 bits per heavy atom. The molecule has 0 saturated carbocycles. The summed E-state index contributed by atoms with van der Waals surface area (Å²) in [6.45, 7) is 3.47. The molecule has 0 aliphatic heterocycles. The molecule has 0 aromatic heterocycles. The number of nitrogens with two attached hydrogens (primary N) is 1. The first-order valence-electron chi connectivity index (χ1n) is 5.53. The smallest absolute Gasteiger partial charge is 0.324 e. The number of nitro groups is 1. The van der Waals surface area contributed by atoms with Crippen molar-refractivity contribution in [2.45, 2.75) is 25.8 Å². The van der Waals surface area contributed by atoms with E-state index >= 15 is 0 Å². The van der Waals surface area contributed by atoms with Crippen molar-refractivity contribution in [1.29, 1.82) is 0 Å². The molecular weight excluding hydrogens is 236 g/mol. The maximum Gasteiger partial charge on any atom is 0.324 e. The van der Waals surface area contributed by atoms with Crippen LogP contribution in [0.4, 0.5) is 5.69 Å². The number of nitro benzene ring substituents is 1. The fourth-order valence-electron chi connectivity index (χ4n) is 1.60. The van der Waals surface area contributed by atoms with Crippen LogP contribution in [0.25, 0.3) is 0 Å². The van der Waals surface area contributed by atoms with Crippen molar-refractivity contribution in [3.8, 4) is 0 Å². The highest BCUT2D eigenvalue weighted by Crippen LogP contribution is 2.22. The van der Waals surface area contributed by atoms with Gasteiger partial charge in [-0.25, -0.2) is 0 Å². The summed E-state index contributed by atoms with van der Waals surface area (Å²) in [5.41, 5.74) is 5.15. The fourth-order valence-corrected chi connectivity index (χ4v) is 1.60. The Kier molecular flexibility index (Phi) is 4.03. The summed E-state index contributed by atoms with van der Waals surface area (Å²) < 4.78 is 0. The lowest BCUT2D eigenvalue weighted by atomic mass is 9.82. The summed E-state index contributed by atoms with van der Waals surface area (Å²) in [6, 6.07) is 5.76. The molecule has 0 amide bonds. The second-order valence-corrected chi connectivity index (χ2v) is 4.60. The number of hydrogen-bond donors (Lipinski definition) is 2. The fraction of sp³-hybridized carbons (Fsp3) is 0.417. The van der Waals surface area contributed by atoms with Crippen LogP contribution in [0.2, 0.25) is 0 Å². The molecule has 0 fully saturated rings. The van der Waals surface area contributed by atoms with E-state index in [1.165, 1.54) is 24.3 Å². The Morgan fingerprint density at radius 2 is 1.94 bits per heavy atom. The van der Waals surface area contributed by atoms with E-state index in [1.807, 2.05) is 0 Å². The van der Waals surface area contributed by atoms with Gasteiger partial charge in [0.25, 0.3) is 5.69 Å². The lowest BCUT2D eigenvalue weighted by Gasteiger charge is -2.28. The number of carboxylic acids is 1. The van der Waals surface area contributed by atoms with E-state index in [4.69, 9.17) is 5.73 Å². The van der Waals surface area contributed by atoms with Crippen LogP contribution < -0.4 is 5.73 Å². The van der Waals surface area contributed by atoms with Gasteiger partial charge in [0.1, 0.15) is 5.54 Å². The number of aliphatic carboxylic acids is 1. The van der Waals surface area contributed by atoms with Crippen LogP contribution >= 0.6 is 0 Å². The molecule has 0 spiro atoms. The summed E-state index contributed by atoms with van der Waals surface area (Å²) in [6.07, 6.45) is 0.137. The molecule has 0 bridgehead atoms. The van der Waals surface area contributed by atoms with E-state index in [1.54, 1.807) is 13.8 Å². The number of non-ortho nitro benzene ring substituents is 1. The molecular formula is C12H16N2O4. The van der Waals surface area contributed by atoms with Gasteiger partial charge in [0.2, 0.25) is 0 Å². The molecule has 1 aromatic rings. The molecule has 1 atom stereocenters. The van der Waals surface area contributed by atoms with Gasteiger partial charge in [-0.05, 0) is 11.5 Å². The lowest BCUT2D eigenvalue weighted by Crippen LogP contribution is -2.54. The molecule has 0 unspecified atom stereocenters. The zero-order chi connectivity index (χ0) is 13.9. The van der Waals surface area contributed by atoms with Crippen LogP contribution in [0.3, 0.4) is 0 Å². The maximum atomic E-state index is 11.2. The molecule has 98 valence electrons. The van der Waals surface area contributed by atoms with Crippen molar-refractivity contribution in [3.63, 3.8) is 0 Å². The average Bonchev–Trinajstić information content (AvgIpc) is 2.29. The number of hydrogen-bond acceptors (Lipinski definition) is 4. The van der Waals surface area contributed by atoms with E-state index in [9.17, 15) is 20.0 Å². The van der Waals surface area contributed by atoms with E-state index in [0.717, 1.165) is 0 Å². The molecule has 18 heavy (non-hydrogen) atoms. The first kappa shape index (κ1) is 14.1. The maximum absolute atomic E-state index is 11.2. The first-order valence-corrected chi connectivity index (χ1v) is 5.53. The largest absolute Gasteiger partial charge is 0.480 e. The van der Waals surface area contributed by atoms with Gasteiger partial charge in [0.15, 0.2) is 0 Å². The Balaban J connectivity index is 2.95. The zero-order valence-electron chi connectivity index (χ0n) is 10.3. The first-order chi connectivity index (χ1) is 8.27. The van der Waals surface area contributed by atoms with Crippen LogP contribution in [-0.2, 0) is 11.2 Å². The average molecular weight is 252 g/mol. The summed E-state index contributed by atoms with van der Waals surface area (Å²) in [7, 11) is 0. The molecule has 0 saturated heterocycles. The quantitative estimate of drug-likeness (QED) is 0.611. The minimum atomic E-state index is -1.36. The predicted molar refractivity (Wildman–Crippen MR) is 66.2 cm³/mol. The van der Waals surface area contributed by atoms with Gasteiger partial charge in [-0.3, -0.25) is 14.9 Å². The zero-order valence-corrected chi connectivity index (χ0v) is 10.3. The highest BCUT2D eigenvalue weighted by Gasteiger charge is 2.37. The van der Waals surface area contributed by atoms with Crippen molar-refractivity contribution in [1.82, 2.24) is 0 Å². The summed E-state index contributed by atoms with van der Waals surface area (Å²) in [5.74, 6) is -1.32. The number of benzene rings is 1. The minimum absolute atomic E-state index is 0.0266. The van der Waals surface area contributed by atoms with Gasteiger partial charge in [-0.15, -0.1) is 0 Å². The number of carbonyl (C=O) groups is 1. The number of carboxylic acid groups (broad SMARTS) is 1. The summed E-state index contributed by atoms with van der Waals surface area (Å²) in [4.78, 5) is 21.2. The van der Waals surface area contributed by atoms with E-state index < -0.39 is 16.4 Å². The predicted octanol–water partition coefficient (Wildman–Crippen LogP) is 1.58. The highest BCUT2D eigenvalue weighted by molar-refractivity contribution is 5.79. The van der Waals surface area contributed by atoms with Crippen molar-refractivity contribution < 1.29 is 14.8 Å². The third-order valence-corrected chi connectivity index (χ3v) is 3.07. The molecule has 0 aliphatic rings. The lowest BCUT2D eigenvalue weighted by molar-refractivity contribution is -0.384. The third kappa shape index (κ3) is 2.84. The SMILES string of the molecule is CC(C)[C@@](N)(Cc1ccc([N+](=O)[O-])cc1)C(=O)O. The molecule has 0 heterocycles. The van der Waals surface area contributed by atoms with Gasteiger partial charge in [-0.1, -0.05) is 26.0 Å². The molecule has 6 heteroatoms. The Labute approximate surface area is 105 Å². The van der Waals surface area contributed by atoms with Gasteiger partial charge in [0, 0.05) is 18.6 Å². The molecule has 0 radical (unpaired) electrons. The number of rotatable bonds is 5. The van der Waals surface area contributed by atoms with Gasteiger partial charge in [-0.2, -0.15) is 0 Å². The highest BCUT2D eigenvalue weighted by atomic mass is 16.6. The van der Waals surface area contributed by atoms with Crippen LogP contribution in [0, 0.1) is 16.0 Å². The van der Waals surface area contributed by atoms with Crippen molar-refractivity contribution in [3.05, 3.63) is 39.9 Å². The van der Waals surface area contributed by atoms with Gasteiger partial charge < -0.3 is 10.8 Å². The van der Waals surface area contributed by atoms with E-state index in [2.05, 4.69) is 0 Å². The third-order valence-electron chi connectivity index (χ3n) is 3.07. The molecule has 3 N–H and O–H groups in total. The molecule has 1 rings (SSSR count). The van der Waals surface area contributed by atoms with Crippen molar-refractivity contribution in [2.24, 2.45) is 11.7 Å². The van der Waals surface area contributed by atoms with Crippen LogP contribution in [0.5, 0.6) is 0 Å². The van der Waals surface area contributed by atoms with Crippen molar-refractivity contribution in [2.75, 3.05) is 0 Å². The van der Waals surface area contributed by atoms with E-state index in [0.29, 0.717) is 5.56 Å². The van der Waals surface area contributed by atoms with Crippen LogP contribution in [0.15, 0.2) is 24.3 Å². The minimum Gasteiger partial charge on any atom is -0.480 e. The Morgan fingerprint density at radius 1 is 1.44 bits per heavy atom. The topological polar surface area (TPSA) is 106 Å². The number of nitrogens with zero attached hydrogens (tertiary/aromatic N) is 1.